The first-order chi connectivity index (χ1) is 14.7. The fourth-order valence-corrected chi connectivity index (χ4v) is 4.15. The van der Waals surface area contributed by atoms with Crippen LogP contribution in [0.15, 0.2) is 54.7 Å². The minimum atomic E-state index is -0.396. The molecule has 1 aliphatic heterocycles. The van der Waals surface area contributed by atoms with Gasteiger partial charge in [0.05, 0.1) is 7.11 Å². The van der Waals surface area contributed by atoms with Crippen molar-refractivity contribution in [3.05, 3.63) is 60.3 Å². The molecule has 2 aromatic carbocycles. The summed E-state index contributed by atoms with van der Waals surface area (Å²) in [6, 6.07) is 15.0. The number of carbonyl (C=O) groups excluding carboxylic acids is 2. The number of likely N-dealkylation sites (tertiary alicyclic amines) is 1. The van der Waals surface area contributed by atoms with Crippen molar-refractivity contribution in [3.63, 3.8) is 0 Å². The number of ether oxygens (including phenoxy) is 1. The van der Waals surface area contributed by atoms with Gasteiger partial charge in [-0.1, -0.05) is 18.2 Å². The highest BCUT2D eigenvalue weighted by Gasteiger charge is 2.33. The Hall–Kier alpha value is -3.28. The smallest absolute Gasteiger partial charge is 0.247 e. The third kappa shape index (κ3) is 4.32. The molecule has 156 valence electrons. The van der Waals surface area contributed by atoms with Crippen molar-refractivity contribution in [3.8, 4) is 5.75 Å². The van der Waals surface area contributed by atoms with E-state index in [9.17, 15) is 9.59 Å². The molecule has 1 aromatic heterocycles. The Morgan fingerprint density at radius 1 is 1.17 bits per heavy atom. The van der Waals surface area contributed by atoms with Crippen LogP contribution in [0.1, 0.15) is 31.2 Å². The van der Waals surface area contributed by atoms with E-state index >= 15 is 0 Å². The molecule has 1 aliphatic rings. The highest BCUT2D eigenvalue weighted by molar-refractivity contribution is 5.97. The highest BCUT2D eigenvalue weighted by atomic mass is 16.5. The molecule has 1 saturated heterocycles. The zero-order valence-electron chi connectivity index (χ0n) is 17.2. The van der Waals surface area contributed by atoms with Crippen LogP contribution in [0.4, 0.5) is 5.69 Å². The van der Waals surface area contributed by atoms with Gasteiger partial charge in [-0.15, -0.1) is 0 Å². The number of benzene rings is 2. The summed E-state index contributed by atoms with van der Waals surface area (Å²) in [5.74, 6) is 0.672. The molecule has 2 N–H and O–H groups in total. The van der Waals surface area contributed by atoms with Gasteiger partial charge in [-0.05, 0) is 61.6 Å². The Morgan fingerprint density at radius 3 is 2.77 bits per heavy atom. The van der Waals surface area contributed by atoms with E-state index in [0.29, 0.717) is 25.1 Å². The molecule has 0 saturated carbocycles. The number of para-hydroxylation sites is 1. The Balaban J connectivity index is 1.31. The predicted octanol–water partition coefficient (Wildman–Crippen LogP) is 4.13. The number of H-pyrrole nitrogens is 1. The first-order valence-electron chi connectivity index (χ1n) is 10.4. The Bertz CT molecular complexity index is 1030. The SMILES string of the molecule is COc1ccc(NC(=O)C2CCCN2C(=O)CCCc2c[nH]c3ccccc23)cc1. The third-order valence-electron chi connectivity index (χ3n) is 5.75. The Morgan fingerprint density at radius 2 is 1.97 bits per heavy atom. The number of carbonyl (C=O) groups is 2. The molecule has 6 nitrogen and oxygen atoms in total. The molecule has 6 heteroatoms. The molecule has 1 unspecified atom stereocenters. The maximum Gasteiger partial charge on any atom is 0.247 e. The van der Waals surface area contributed by atoms with Crippen molar-refractivity contribution in [2.24, 2.45) is 0 Å². The molecule has 30 heavy (non-hydrogen) atoms. The molecule has 0 spiro atoms. The van der Waals surface area contributed by atoms with E-state index < -0.39 is 6.04 Å². The van der Waals surface area contributed by atoms with Gasteiger partial charge in [-0.3, -0.25) is 9.59 Å². The quantitative estimate of drug-likeness (QED) is 0.621. The number of fused-ring (bicyclic) bond motifs is 1. The normalized spacial score (nSPS) is 16.0. The predicted molar refractivity (Wildman–Crippen MR) is 118 cm³/mol. The zero-order valence-corrected chi connectivity index (χ0v) is 17.2. The summed E-state index contributed by atoms with van der Waals surface area (Å²) in [6.07, 6.45) is 5.64. The maximum atomic E-state index is 12.8. The van der Waals surface area contributed by atoms with Gasteiger partial charge in [0.15, 0.2) is 0 Å². The van der Waals surface area contributed by atoms with Crippen molar-refractivity contribution in [2.75, 3.05) is 19.0 Å². The summed E-state index contributed by atoms with van der Waals surface area (Å²) < 4.78 is 5.14. The number of amides is 2. The molecular weight excluding hydrogens is 378 g/mol. The minimum absolute atomic E-state index is 0.0576. The maximum absolute atomic E-state index is 12.8. The van der Waals surface area contributed by atoms with E-state index in [4.69, 9.17) is 4.74 Å². The van der Waals surface area contributed by atoms with Gasteiger partial charge in [-0.2, -0.15) is 0 Å². The lowest BCUT2D eigenvalue weighted by molar-refractivity contribution is -0.136. The molecule has 2 amide bonds. The van der Waals surface area contributed by atoms with E-state index in [1.165, 1.54) is 10.9 Å². The molecule has 1 fully saturated rings. The van der Waals surface area contributed by atoms with E-state index in [2.05, 4.69) is 22.4 Å². The molecule has 0 bridgehead atoms. The van der Waals surface area contributed by atoms with Gasteiger partial charge in [0.1, 0.15) is 11.8 Å². The van der Waals surface area contributed by atoms with Crippen molar-refractivity contribution >= 4 is 28.4 Å². The van der Waals surface area contributed by atoms with E-state index in [0.717, 1.165) is 30.5 Å². The van der Waals surface area contributed by atoms with Gasteiger partial charge in [0.25, 0.3) is 0 Å². The van der Waals surface area contributed by atoms with Crippen LogP contribution < -0.4 is 10.1 Å². The average Bonchev–Trinajstić information content (AvgIpc) is 3.42. The lowest BCUT2D eigenvalue weighted by Gasteiger charge is -2.24. The summed E-state index contributed by atoms with van der Waals surface area (Å²) in [4.78, 5) is 30.6. The number of aryl methyl sites for hydroxylation is 1. The van der Waals surface area contributed by atoms with Crippen LogP contribution in [0.5, 0.6) is 5.75 Å². The molecule has 2 heterocycles. The monoisotopic (exact) mass is 405 g/mol. The second kappa shape index (κ2) is 9.03. The molecule has 0 aliphatic carbocycles. The topological polar surface area (TPSA) is 74.4 Å². The van der Waals surface area contributed by atoms with Crippen LogP contribution >= 0.6 is 0 Å². The number of hydrogen-bond donors (Lipinski definition) is 2. The van der Waals surface area contributed by atoms with E-state index in [1.54, 1.807) is 36.3 Å². The van der Waals surface area contributed by atoms with Crippen molar-refractivity contribution in [2.45, 2.75) is 38.1 Å². The number of rotatable bonds is 7. The molecule has 1 atom stereocenters. The number of anilines is 1. The number of nitrogens with zero attached hydrogens (tertiary/aromatic N) is 1. The van der Waals surface area contributed by atoms with Gasteiger partial charge in [0.2, 0.25) is 11.8 Å². The first-order valence-corrected chi connectivity index (χ1v) is 10.4. The van der Waals surface area contributed by atoms with Crippen LogP contribution in [0.25, 0.3) is 10.9 Å². The number of aromatic amines is 1. The summed E-state index contributed by atoms with van der Waals surface area (Å²) >= 11 is 0. The Kier molecular flexibility index (Phi) is 6.02. The number of methoxy groups -OCH3 is 1. The van der Waals surface area contributed by atoms with Crippen molar-refractivity contribution in [1.29, 1.82) is 0 Å². The van der Waals surface area contributed by atoms with Gasteiger partial charge < -0.3 is 19.9 Å². The third-order valence-corrected chi connectivity index (χ3v) is 5.75. The lowest BCUT2D eigenvalue weighted by atomic mass is 10.1. The second-order valence-corrected chi connectivity index (χ2v) is 7.68. The van der Waals surface area contributed by atoms with E-state index in [1.807, 2.05) is 18.3 Å². The van der Waals surface area contributed by atoms with Gasteiger partial charge in [-0.25, -0.2) is 0 Å². The Labute approximate surface area is 176 Å². The van der Waals surface area contributed by atoms with Crippen LogP contribution in [-0.2, 0) is 16.0 Å². The molecule has 4 rings (SSSR count). The van der Waals surface area contributed by atoms with Gasteiger partial charge >= 0.3 is 0 Å². The fourth-order valence-electron chi connectivity index (χ4n) is 4.15. The average molecular weight is 405 g/mol. The first kappa shape index (κ1) is 20.0. The van der Waals surface area contributed by atoms with Crippen molar-refractivity contribution in [1.82, 2.24) is 9.88 Å². The van der Waals surface area contributed by atoms with Crippen LogP contribution in [0.2, 0.25) is 0 Å². The summed E-state index contributed by atoms with van der Waals surface area (Å²) in [7, 11) is 1.61. The number of hydrogen-bond acceptors (Lipinski definition) is 3. The molecule has 0 radical (unpaired) electrons. The summed E-state index contributed by atoms with van der Waals surface area (Å²) in [5, 5.41) is 4.14. The zero-order chi connectivity index (χ0) is 20.9. The van der Waals surface area contributed by atoms with Crippen LogP contribution in [0.3, 0.4) is 0 Å². The van der Waals surface area contributed by atoms with Gasteiger partial charge in [0, 0.05) is 35.8 Å². The standard InChI is InChI=1S/C24H27N3O3/c1-30-19-13-11-18(12-14-19)26-24(29)22-9-5-15-27(22)23(28)10-4-6-17-16-25-21-8-3-2-7-20(17)21/h2-3,7-8,11-14,16,22,25H,4-6,9-10,15H2,1H3,(H,26,29). The number of nitrogens with one attached hydrogen (secondary N) is 2. The van der Waals surface area contributed by atoms with E-state index in [-0.39, 0.29) is 11.8 Å². The minimum Gasteiger partial charge on any atom is -0.497 e. The molecule has 3 aromatic rings. The number of aromatic nitrogens is 1. The van der Waals surface area contributed by atoms with Crippen molar-refractivity contribution < 1.29 is 14.3 Å². The van der Waals surface area contributed by atoms with Crippen LogP contribution in [0, 0.1) is 0 Å². The van der Waals surface area contributed by atoms with Crippen LogP contribution in [-0.4, -0.2) is 41.4 Å². The summed E-state index contributed by atoms with van der Waals surface area (Å²) in [6.45, 7) is 0.645. The highest BCUT2D eigenvalue weighted by Crippen LogP contribution is 2.23. The molecular formula is C24H27N3O3. The summed E-state index contributed by atoms with van der Waals surface area (Å²) in [5.41, 5.74) is 3.06. The largest absolute Gasteiger partial charge is 0.497 e. The second-order valence-electron chi connectivity index (χ2n) is 7.68. The fraction of sp³-hybridized carbons (Fsp3) is 0.333. The lowest BCUT2D eigenvalue weighted by Crippen LogP contribution is -2.43.